The number of hydrogen-bond acceptors (Lipinski definition) is 4. The molecular formula is C24H23N3O3S. The zero-order valence-corrected chi connectivity index (χ0v) is 17.9. The minimum atomic E-state index is -0.400. The second-order valence-electron chi connectivity index (χ2n) is 6.65. The van der Waals surface area contributed by atoms with Crippen molar-refractivity contribution >= 4 is 40.5 Å². The predicted octanol–water partition coefficient (Wildman–Crippen LogP) is 4.39. The SMILES string of the molecule is CCc1ccc(OCC(=O)NC(=S)Nc2ccccc2C(=O)Nc2ccccc2)cc1. The van der Waals surface area contributed by atoms with Gasteiger partial charge in [0.05, 0.1) is 11.3 Å². The molecule has 0 unspecified atom stereocenters. The van der Waals surface area contributed by atoms with E-state index in [0.29, 0.717) is 22.7 Å². The van der Waals surface area contributed by atoms with E-state index in [2.05, 4.69) is 22.9 Å². The van der Waals surface area contributed by atoms with Crippen LogP contribution in [0.5, 0.6) is 5.75 Å². The highest BCUT2D eigenvalue weighted by molar-refractivity contribution is 7.80. The fourth-order valence-electron chi connectivity index (χ4n) is 2.80. The third kappa shape index (κ3) is 6.65. The van der Waals surface area contributed by atoms with Crippen LogP contribution in [0.15, 0.2) is 78.9 Å². The first-order chi connectivity index (χ1) is 15.0. The summed E-state index contributed by atoms with van der Waals surface area (Å²) in [5.74, 6) is -0.0836. The number of amides is 2. The van der Waals surface area contributed by atoms with E-state index in [9.17, 15) is 9.59 Å². The Morgan fingerprint density at radius 2 is 1.55 bits per heavy atom. The quantitative estimate of drug-likeness (QED) is 0.482. The smallest absolute Gasteiger partial charge is 0.264 e. The average Bonchev–Trinajstić information content (AvgIpc) is 2.79. The molecule has 0 spiro atoms. The molecule has 0 fully saturated rings. The Kier molecular flexibility index (Phi) is 7.73. The van der Waals surface area contributed by atoms with Gasteiger partial charge < -0.3 is 15.4 Å². The molecule has 0 aliphatic carbocycles. The van der Waals surface area contributed by atoms with Crippen molar-refractivity contribution in [2.24, 2.45) is 0 Å². The number of aryl methyl sites for hydroxylation is 1. The number of rotatable bonds is 7. The van der Waals surface area contributed by atoms with Crippen LogP contribution in [0.25, 0.3) is 0 Å². The highest BCUT2D eigenvalue weighted by Gasteiger charge is 2.13. The fourth-order valence-corrected chi connectivity index (χ4v) is 3.02. The Hall–Kier alpha value is -3.71. The molecule has 3 rings (SSSR count). The second kappa shape index (κ2) is 10.9. The van der Waals surface area contributed by atoms with Crippen LogP contribution in [0.2, 0.25) is 0 Å². The van der Waals surface area contributed by atoms with Crippen molar-refractivity contribution in [2.45, 2.75) is 13.3 Å². The molecule has 2 amide bonds. The fraction of sp³-hybridized carbons (Fsp3) is 0.125. The van der Waals surface area contributed by atoms with E-state index in [1.54, 1.807) is 36.4 Å². The molecule has 31 heavy (non-hydrogen) atoms. The lowest BCUT2D eigenvalue weighted by molar-refractivity contribution is -0.121. The summed E-state index contributed by atoms with van der Waals surface area (Å²) >= 11 is 5.22. The molecule has 0 atom stereocenters. The summed E-state index contributed by atoms with van der Waals surface area (Å²) < 4.78 is 5.48. The maximum atomic E-state index is 12.6. The van der Waals surface area contributed by atoms with Crippen LogP contribution in [-0.2, 0) is 11.2 Å². The van der Waals surface area contributed by atoms with Gasteiger partial charge in [-0.3, -0.25) is 14.9 Å². The molecule has 6 nitrogen and oxygen atoms in total. The van der Waals surface area contributed by atoms with Crippen molar-refractivity contribution < 1.29 is 14.3 Å². The van der Waals surface area contributed by atoms with Gasteiger partial charge in [-0.05, 0) is 60.6 Å². The van der Waals surface area contributed by atoms with E-state index in [1.807, 2.05) is 42.5 Å². The van der Waals surface area contributed by atoms with Gasteiger partial charge in [0.25, 0.3) is 11.8 Å². The molecular weight excluding hydrogens is 410 g/mol. The minimum absolute atomic E-state index is 0.0786. The van der Waals surface area contributed by atoms with Crippen LogP contribution in [0.4, 0.5) is 11.4 Å². The van der Waals surface area contributed by atoms with E-state index < -0.39 is 5.91 Å². The molecule has 3 aromatic rings. The number of hydrogen-bond donors (Lipinski definition) is 3. The van der Waals surface area contributed by atoms with Gasteiger partial charge in [0.2, 0.25) is 0 Å². The first-order valence-corrected chi connectivity index (χ1v) is 10.2. The Bertz CT molecular complexity index is 1050. The average molecular weight is 434 g/mol. The maximum absolute atomic E-state index is 12.6. The van der Waals surface area contributed by atoms with Crippen molar-refractivity contribution in [3.8, 4) is 5.75 Å². The van der Waals surface area contributed by atoms with Gasteiger partial charge in [0, 0.05) is 5.69 Å². The number of carbonyl (C=O) groups is 2. The molecule has 0 aliphatic rings. The molecule has 0 aromatic heterocycles. The van der Waals surface area contributed by atoms with Gasteiger partial charge in [-0.1, -0.05) is 49.4 Å². The van der Waals surface area contributed by atoms with Crippen LogP contribution < -0.4 is 20.7 Å². The predicted molar refractivity (Wildman–Crippen MR) is 127 cm³/mol. The lowest BCUT2D eigenvalue weighted by atomic mass is 10.1. The van der Waals surface area contributed by atoms with Crippen molar-refractivity contribution in [1.82, 2.24) is 5.32 Å². The summed E-state index contributed by atoms with van der Waals surface area (Å²) in [5, 5.41) is 8.37. The van der Waals surface area contributed by atoms with E-state index in [0.717, 1.165) is 6.42 Å². The number of ether oxygens (including phenoxy) is 1. The molecule has 0 aliphatic heterocycles. The monoisotopic (exact) mass is 433 g/mol. The first kappa shape index (κ1) is 22.0. The van der Waals surface area contributed by atoms with E-state index in [-0.39, 0.29) is 17.6 Å². The summed E-state index contributed by atoms with van der Waals surface area (Å²) in [6.07, 6.45) is 0.936. The number of benzene rings is 3. The molecule has 0 radical (unpaired) electrons. The molecule has 0 bridgehead atoms. The van der Waals surface area contributed by atoms with Crippen molar-refractivity contribution in [2.75, 3.05) is 17.2 Å². The molecule has 0 saturated carbocycles. The van der Waals surface area contributed by atoms with Gasteiger partial charge in [-0.2, -0.15) is 0 Å². The van der Waals surface area contributed by atoms with E-state index in [1.165, 1.54) is 5.56 Å². The second-order valence-corrected chi connectivity index (χ2v) is 7.06. The van der Waals surface area contributed by atoms with Crippen molar-refractivity contribution in [3.63, 3.8) is 0 Å². The standard InChI is InChI=1S/C24H23N3O3S/c1-2-17-12-14-19(15-13-17)30-16-22(28)27-24(31)26-21-11-7-6-10-20(21)23(29)25-18-8-4-3-5-9-18/h3-15H,2,16H2,1H3,(H,25,29)(H2,26,27,28,31). The van der Waals surface area contributed by atoms with Crippen molar-refractivity contribution in [1.29, 1.82) is 0 Å². The van der Waals surface area contributed by atoms with Gasteiger partial charge >= 0.3 is 0 Å². The number of thiocarbonyl (C=S) groups is 1. The topological polar surface area (TPSA) is 79.5 Å². The zero-order chi connectivity index (χ0) is 22.1. The van der Waals surface area contributed by atoms with Crippen LogP contribution in [0.1, 0.15) is 22.8 Å². The van der Waals surface area contributed by atoms with Crippen LogP contribution in [0, 0.1) is 0 Å². The summed E-state index contributed by atoms with van der Waals surface area (Å²) in [6, 6.07) is 23.6. The Morgan fingerprint density at radius 3 is 2.26 bits per heavy atom. The number of carbonyl (C=O) groups excluding carboxylic acids is 2. The molecule has 7 heteroatoms. The molecule has 3 N–H and O–H groups in total. The minimum Gasteiger partial charge on any atom is -0.484 e. The van der Waals surface area contributed by atoms with Crippen LogP contribution in [-0.4, -0.2) is 23.5 Å². The van der Waals surface area contributed by atoms with Crippen LogP contribution >= 0.6 is 12.2 Å². The van der Waals surface area contributed by atoms with Gasteiger partial charge in [-0.25, -0.2) is 0 Å². The Labute approximate surface area is 186 Å². The Morgan fingerprint density at radius 1 is 0.871 bits per heavy atom. The maximum Gasteiger partial charge on any atom is 0.264 e. The van der Waals surface area contributed by atoms with E-state index in [4.69, 9.17) is 17.0 Å². The van der Waals surface area contributed by atoms with Gasteiger partial charge in [-0.15, -0.1) is 0 Å². The highest BCUT2D eigenvalue weighted by atomic mass is 32.1. The molecule has 3 aromatic carbocycles. The summed E-state index contributed by atoms with van der Waals surface area (Å²) in [5.41, 5.74) is 2.76. The third-order valence-electron chi connectivity index (χ3n) is 4.41. The lowest BCUT2D eigenvalue weighted by Gasteiger charge is -2.14. The third-order valence-corrected chi connectivity index (χ3v) is 4.61. The Balaban J connectivity index is 1.55. The van der Waals surface area contributed by atoms with Gasteiger partial charge in [0.15, 0.2) is 11.7 Å². The van der Waals surface area contributed by atoms with E-state index >= 15 is 0 Å². The zero-order valence-electron chi connectivity index (χ0n) is 17.1. The van der Waals surface area contributed by atoms with Crippen molar-refractivity contribution in [3.05, 3.63) is 90.0 Å². The molecule has 0 heterocycles. The molecule has 0 saturated heterocycles. The normalized spacial score (nSPS) is 10.1. The number of anilines is 2. The highest BCUT2D eigenvalue weighted by Crippen LogP contribution is 2.17. The lowest BCUT2D eigenvalue weighted by Crippen LogP contribution is -2.37. The molecule has 158 valence electrons. The largest absolute Gasteiger partial charge is 0.484 e. The summed E-state index contributed by atoms with van der Waals surface area (Å²) in [6.45, 7) is 1.89. The summed E-state index contributed by atoms with van der Waals surface area (Å²) in [4.78, 5) is 24.8. The van der Waals surface area contributed by atoms with Crippen LogP contribution in [0.3, 0.4) is 0 Å². The number of nitrogens with one attached hydrogen (secondary N) is 3. The summed E-state index contributed by atoms with van der Waals surface area (Å²) in [7, 11) is 0. The first-order valence-electron chi connectivity index (χ1n) is 9.83. The van der Waals surface area contributed by atoms with Gasteiger partial charge in [0.1, 0.15) is 5.75 Å². The number of para-hydroxylation sites is 2.